The number of benzene rings is 4. The molecule has 4 aromatic rings. The van der Waals surface area contributed by atoms with E-state index in [4.69, 9.17) is 9.47 Å². The Morgan fingerprint density at radius 3 is 1.51 bits per heavy atom. The normalized spacial score (nSPS) is 11.9. The van der Waals surface area contributed by atoms with Crippen LogP contribution in [-0.2, 0) is 32.2 Å². The molecule has 0 aromatic heterocycles. The Morgan fingerprint density at radius 1 is 0.667 bits per heavy atom. The summed E-state index contributed by atoms with van der Waals surface area (Å²) in [5, 5.41) is 0. The molecule has 9 heteroatoms. The molecule has 0 saturated carbocycles. The molecule has 0 aliphatic carbocycles. The topological polar surface area (TPSA) is 35.5 Å². The summed E-state index contributed by atoms with van der Waals surface area (Å²) < 4.78 is 76.6. The van der Waals surface area contributed by atoms with Crippen LogP contribution in [0.5, 0.6) is 5.75 Å². The number of carbonyl (C=O) groups is 1. The van der Waals surface area contributed by atoms with E-state index in [2.05, 4.69) is 0 Å². The van der Waals surface area contributed by atoms with Crippen molar-refractivity contribution in [2.75, 3.05) is 6.61 Å². The van der Waals surface area contributed by atoms with Crippen molar-refractivity contribution in [2.24, 2.45) is 0 Å². The second-order valence-electron chi connectivity index (χ2n) is 9.03. The Balaban J connectivity index is 1.43. The van der Waals surface area contributed by atoms with Crippen molar-refractivity contribution in [3.8, 4) is 5.75 Å². The largest absolute Gasteiger partial charge is 0.482 e. The van der Waals surface area contributed by atoms with Crippen LogP contribution in [0.3, 0.4) is 0 Å². The quantitative estimate of drug-likeness (QED) is 0.125. The fourth-order valence-electron chi connectivity index (χ4n) is 3.80. The Kier molecular flexibility index (Phi) is 8.30. The maximum Gasteiger partial charge on any atom is 0.416 e. The van der Waals surface area contributed by atoms with Crippen molar-refractivity contribution in [1.29, 1.82) is 0 Å². The molecule has 0 heterocycles. The van der Waals surface area contributed by atoms with E-state index in [0.717, 1.165) is 26.8 Å². The third kappa shape index (κ3) is 7.17. The zero-order valence-corrected chi connectivity index (χ0v) is 21.8. The Hall–Kier alpha value is -3.85. The van der Waals surface area contributed by atoms with Crippen LogP contribution in [0.4, 0.5) is 22.0 Å². The molecule has 0 N–H and O–H groups in total. The number of hydrogen-bond donors (Lipinski definition) is 0. The first-order valence-electron chi connectivity index (χ1n) is 11.8. The number of halogens is 5. The molecule has 0 saturated heterocycles. The molecular formula is C30H24F5O3S+. The lowest BCUT2D eigenvalue weighted by atomic mass is 9.97. The summed E-state index contributed by atoms with van der Waals surface area (Å²) >= 11 is 0. The van der Waals surface area contributed by atoms with Crippen LogP contribution in [0.25, 0.3) is 0 Å². The van der Waals surface area contributed by atoms with E-state index in [1.54, 1.807) is 50.2 Å². The number of esters is 1. The van der Waals surface area contributed by atoms with Crippen LogP contribution < -0.4 is 4.74 Å². The van der Waals surface area contributed by atoms with Gasteiger partial charge in [-0.1, -0.05) is 12.1 Å². The van der Waals surface area contributed by atoms with E-state index >= 15 is 0 Å². The maximum atomic E-state index is 13.5. The molecule has 0 radical (unpaired) electrons. The second kappa shape index (κ2) is 11.5. The maximum absolute atomic E-state index is 13.5. The first-order valence-corrected chi connectivity index (χ1v) is 13.0. The van der Waals surface area contributed by atoms with Crippen molar-refractivity contribution in [3.63, 3.8) is 0 Å². The highest BCUT2D eigenvalue weighted by Gasteiger charge is 2.32. The minimum atomic E-state index is -4.46. The van der Waals surface area contributed by atoms with Crippen LogP contribution in [0.1, 0.15) is 25.0 Å². The van der Waals surface area contributed by atoms with Gasteiger partial charge < -0.3 is 9.47 Å². The molecule has 3 nitrogen and oxygen atoms in total. The number of ether oxygens (including phenoxy) is 2. The lowest BCUT2D eigenvalue weighted by molar-refractivity contribution is -0.160. The minimum absolute atomic E-state index is 0.362. The zero-order valence-electron chi connectivity index (χ0n) is 21.0. The molecule has 0 atom stereocenters. The average molecular weight is 560 g/mol. The number of carbonyl (C=O) groups excluding carboxylic acids is 1. The lowest BCUT2D eigenvalue weighted by Gasteiger charge is -2.26. The summed E-state index contributed by atoms with van der Waals surface area (Å²) in [6, 6.07) is 23.6. The van der Waals surface area contributed by atoms with Gasteiger partial charge in [0.1, 0.15) is 23.0 Å². The molecule has 39 heavy (non-hydrogen) atoms. The summed E-state index contributed by atoms with van der Waals surface area (Å²) in [4.78, 5) is 15.0. The van der Waals surface area contributed by atoms with Gasteiger partial charge in [0, 0.05) is 0 Å². The zero-order chi connectivity index (χ0) is 28.2. The van der Waals surface area contributed by atoms with Gasteiger partial charge in [0.2, 0.25) is 0 Å². The van der Waals surface area contributed by atoms with Gasteiger partial charge in [-0.2, -0.15) is 13.2 Å². The molecule has 0 aliphatic rings. The Morgan fingerprint density at radius 2 is 1.08 bits per heavy atom. The van der Waals surface area contributed by atoms with Gasteiger partial charge in [0.05, 0.1) is 16.5 Å². The fourth-order valence-corrected chi connectivity index (χ4v) is 5.84. The predicted molar refractivity (Wildman–Crippen MR) is 137 cm³/mol. The van der Waals surface area contributed by atoms with Crippen molar-refractivity contribution in [1.82, 2.24) is 0 Å². The van der Waals surface area contributed by atoms with E-state index in [1.807, 2.05) is 12.1 Å². The van der Waals surface area contributed by atoms with Crippen LogP contribution >= 0.6 is 0 Å². The SMILES string of the molecule is CC(C)(OC(=O)COc1ccc([S+](c2ccc(F)cc2)c2ccc(F)cc2)cc1)c1ccc(C(F)(F)F)cc1. The molecule has 0 amide bonds. The third-order valence-corrected chi connectivity index (χ3v) is 8.02. The van der Waals surface area contributed by atoms with Crippen LogP contribution in [0.2, 0.25) is 0 Å². The Bertz CT molecular complexity index is 1350. The van der Waals surface area contributed by atoms with Crippen molar-refractivity contribution in [3.05, 3.63) is 120 Å². The molecule has 0 aliphatic heterocycles. The monoisotopic (exact) mass is 559 g/mol. The number of hydrogen-bond acceptors (Lipinski definition) is 3. The summed E-state index contributed by atoms with van der Waals surface area (Å²) in [6.45, 7) is 2.74. The molecule has 4 rings (SSSR count). The second-order valence-corrected chi connectivity index (χ2v) is 11.1. The lowest BCUT2D eigenvalue weighted by Crippen LogP contribution is -2.28. The summed E-state index contributed by atoms with van der Waals surface area (Å²) in [7, 11) is -0.645. The fraction of sp³-hybridized carbons (Fsp3) is 0.167. The first-order chi connectivity index (χ1) is 18.4. The van der Waals surface area contributed by atoms with Gasteiger partial charge in [0.15, 0.2) is 21.3 Å². The molecular weight excluding hydrogens is 535 g/mol. The summed E-state index contributed by atoms with van der Waals surface area (Å²) in [5.41, 5.74) is -1.56. The molecule has 0 fully saturated rings. The Labute approximate surface area is 225 Å². The standard InChI is InChI=1S/C30H24F5O3S/c1-29(2,20-3-5-21(6-4-20)30(33,34)35)38-28(36)19-37-24-11-17-27(18-12-24)39(25-13-7-22(31)8-14-25)26-15-9-23(32)10-16-26/h3-18H,19H2,1-2H3/q+1. The molecule has 202 valence electrons. The third-order valence-electron chi connectivity index (χ3n) is 5.79. The van der Waals surface area contributed by atoms with Crippen molar-refractivity contribution < 1.29 is 36.2 Å². The smallest absolute Gasteiger partial charge is 0.416 e. The van der Waals surface area contributed by atoms with Gasteiger partial charge in [-0.25, -0.2) is 13.6 Å². The predicted octanol–water partition coefficient (Wildman–Crippen LogP) is 7.94. The number of rotatable bonds is 8. The van der Waals surface area contributed by atoms with E-state index in [9.17, 15) is 26.7 Å². The molecule has 0 spiro atoms. The van der Waals surface area contributed by atoms with Crippen molar-refractivity contribution >= 4 is 16.9 Å². The molecule has 0 bridgehead atoms. The van der Waals surface area contributed by atoms with Gasteiger partial charge in [-0.3, -0.25) is 0 Å². The van der Waals surface area contributed by atoms with Gasteiger partial charge >= 0.3 is 12.1 Å². The van der Waals surface area contributed by atoms with Gasteiger partial charge in [0.25, 0.3) is 0 Å². The van der Waals surface area contributed by atoms with E-state index < -0.39 is 40.8 Å². The van der Waals surface area contributed by atoms with Gasteiger partial charge in [-0.05, 0) is 104 Å². The van der Waals surface area contributed by atoms with Crippen molar-refractivity contribution in [2.45, 2.75) is 40.3 Å². The van der Waals surface area contributed by atoms with Crippen LogP contribution in [-0.4, -0.2) is 12.6 Å². The van der Waals surface area contributed by atoms with E-state index in [1.165, 1.54) is 36.4 Å². The highest BCUT2D eigenvalue weighted by molar-refractivity contribution is 7.97. The average Bonchev–Trinajstić information content (AvgIpc) is 2.90. The van der Waals surface area contributed by atoms with Crippen LogP contribution in [0, 0.1) is 11.6 Å². The summed E-state index contributed by atoms with van der Waals surface area (Å²) in [5.74, 6) is -1.02. The molecule has 0 unspecified atom stereocenters. The van der Waals surface area contributed by atoms with Gasteiger partial charge in [-0.15, -0.1) is 0 Å². The highest BCUT2D eigenvalue weighted by atomic mass is 32.2. The number of alkyl halides is 3. The summed E-state index contributed by atoms with van der Waals surface area (Å²) in [6.07, 6.45) is -4.46. The van der Waals surface area contributed by atoms with E-state index in [-0.39, 0.29) is 11.6 Å². The van der Waals surface area contributed by atoms with E-state index in [0.29, 0.717) is 11.3 Å². The van der Waals surface area contributed by atoms with Crippen LogP contribution in [0.15, 0.2) is 112 Å². The first kappa shape index (κ1) is 28.2. The molecule has 4 aromatic carbocycles. The minimum Gasteiger partial charge on any atom is -0.482 e. The highest BCUT2D eigenvalue weighted by Crippen LogP contribution is 2.34.